The topological polar surface area (TPSA) is 67.6 Å². The van der Waals surface area contributed by atoms with Crippen LogP contribution in [0.25, 0.3) is 0 Å². The third-order valence-electron chi connectivity index (χ3n) is 4.39. The summed E-state index contributed by atoms with van der Waals surface area (Å²) in [6.07, 6.45) is 2.05. The Morgan fingerprint density at radius 3 is 2.95 bits per heavy atom. The van der Waals surface area contributed by atoms with E-state index < -0.39 is 0 Å². The van der Waals surface area contributed by atoms with E-state index in [-0.39, 0.29) is 18.0 Å². The minimum absolute atomic E-state index is 0.169. The second kappa shape index (κ2) is 6.03. The Kier molecular flexibility index (Phi) is 4.12. The van der Waals surface area contributed by atoms with Crippen molar-refractivity contribution in [2.45, 2.75) is 31.8 Å². The molecule has 1 aliphatic heterocycles. The Balaban J connectivity index is 1.63. The zero-order valence-electron chi connectivity index (χ0n) is 12.5. The summed E-state index contributed by atoms with van der Waals surface area (Å²) >= 11 is 0. The molecule has 3 N–H and O–H groups in total. The second-order valence-corrected chi connectivity index (χ2v) is 5.88. The van der Waals surface area contributed by atoms with Crippen LogP contribution < -0.4 is 11.1 Å². The molecule has 2 atom stereocenters. The molecular weight excluding hydrogens is 266 g/mol. The van der Waals surface area contributed by atoms with Crippen LogP contribution in [0.4, 0.5) is 5.69 Å². The molecule has 1 aliphatic carbocycles. The van der Waals surface area contributed by atoms with Gasteiger partial charge in [0.1, 0.15) is 0 Å². The maximum atomic E-state index is 12.4. The minimum atomic E-state index is -0.170. The van der Waals surface area contributed by atoms with Crippen molar-refractivity contribution < 1.29 is 9.53 Å². The fraction of sp³-hybridized carbons (Fsp3) is 0.562. The number of carbonyl (C=O) groups excluding carboxylic acids is 1. The van der Waals surface area contributed by atoms with E-state index in [0.717, 1.165) is 18.5 Å². The lowest BCUT2D eigenvalue weighted by atomic mass is 10.1. The number of aryl methyl sites for hydroxylation is 1. The van der Waals surface area contributed by atoms with Crippen LogP contribution in [0.2, 0.25) is 0 Å². The monoisotopic (exact) mass is 289 g/mol. The summed E-state index contributed by atoms with van der Waals surface area (Å²) in [5, 5.41) is 3.48. The molecular formula is C16H23N3O2. The van der Waals surface area contributed by atoms with Gasteiger partial charge in [0, 0.05) is 24.8 Å². The number of nitrogens with two attached hydrogens (primary N) is 1. The standard InChI is InChI=1S/C16H23N3O2/c1-11(16(20)19-6-8-21-9-7-19)18-15-5-2-12-10-13(17)3-4-14(12)15/h3-4,10-11,15,18H,2,5-9,17H2,1H3. The quantitative estimate of drug-likeness (QED) is 0.818. The first-order valence-electron chi connectivity index (χ1n) is 7.66. The Hall–Kier alpha value is -1.59. The number of benzene rings is 1. The van der Waals surface area contributed by atoms with Crippen LogP contribution >= 0.6 is 0 Å². The minimum Gasteiger partial charge on any atom is -0.399 e. The van der Waals surface area contributed by atoms with Crippen molar-refractivity contribution in [3.05, 3.63) is 29.3 Å². The number of nitrogens with zero attached hydrogens (tertiary/aromatic N) is 1. The molecule has 2 unspecified atom stereocenters. The first-order valence-corrected chi connectivity index (χ1v) is 7.66. The highest BCUT2D eigenvalue weighted by atomic mass is 16.5. The molecule has 0 radical (unpaired) electrons. The number of amides is 1. The van der Waals surface area contributed by atoms with Crippen LogP contribution in [0.3, 0.4) is 0 Å². The van der Waals surface area contributed by atoms with Crippen molar-refractivity contribution in [2.24, 2.45) is 0 Å². The van der Waals surface area contributed by atoms with Crippen LogP contribution in [-0.4, -0.2) is 43.2 Å². The maximum Gasteiger partial charge on any atom is 0.239 e. The summed E-state index contributed by atoms with van der Waals surface area (Å²) in [6.45, 7) is 4.63. The van der Waals surface area contributed by atoms with Crippen LogP contribution in [-0.2, 0) is 16.0 Å². The van der Waals surface area contributed by atoms with E-state index in [4.69, 9.17) is 10.5 Å². The maximum absolute atomic E-state index is 12.4. The van der Waals surface area contributed by atoms with Crippen molar-refractivity contribution in [2.75, 3.05) is 32.0 Å². The van der Waals surface area contributed by atoms with Crippen molar-refractivity contribution in [3.63, 3.8) is 0 Å². The number of hydrogen-bond donors (Lipinski definition) is 2. The highest BCUT2D eigenvalue weighted by Gasteiger charge is 2.28. The number of nitrogen functional groups attached to an aromatic ring is 1. The molecule has 1 saturated heterocycles. The fourth-order valence-corrected chi connectivity index (χ4v) is 3.24. The average molecular weight is 289 g/mol. The predicted octanol–water partition coefficient (Wildman–Crippen LogP) is 1.09. The fourth-order valence-electron chi connectivity index (χ4n) is 3.24. The van der Waals surface area contributed by atoms with E-state index in [1.54, 1.807) is 0 Å². The number of carbonyl (C=O) groups is 1. The van der Waals surface area contributed by atoms with E-state index in [0.29, 0.717) is 26.3 Å². The number of ether oxygens (including phenoxy) is 1. The summed E-state index contributed by atoms with van der Waals surface area (Å²) in [7, 11) is 0. The van der Waals surface area contributed by atoms with Crippen LogP contribution in [0.1, 0.15) is 30.5 Å². The number of rotatable bonds is 3. The third kappa shape index (κ3) is 3.04. The van der Waals surface area contributed by atoms with E-state index in [2.05, 4.69) is 11.4 Å². The third-order valence-corrected chi connectivity index (χ3v) is 4.39. The van der Waals surface area contributed by atoms with Gasteiger partial charge in [-0.15, -0.1) is 0 Å². The number of anilines is 1. The zero-order chi connectivity index (χ0) is 14.8. The molecule has 0 bridgehead atoms. The summed E-state index contributed by atoms with van der Waals surface area (Å²) < 4.78 is 5.29. The van der Waals surface area contributed by atoms with Crippen molar-refractivity contribution in [1.29, 1.82) is 0 Å². The molecule has 1 aromatic rings. The first-order chi connectivity index (χ1) is 10.1. The summed E-state index contributed by atoms with van der Waals surface area (Å²) in [5.41, 5.74) is 9.23. The molecule has 1 fully saturated rings. The van der Waals surface area contributed by atoms with E-state index in [9.17, 15) is 4.79 Å². The molecule has 5 nitrogen and oxygen atoms in total. The van der Waals surface area contributed by atoms with Gasteiger partial charge in [-0.05, 0) is 43.0 Å². The first kappa shape index (κ1) is 14.4. The Bertz CT molecular complexity index is 526. The van der Waals surface area contributed by atoms with E-state index in [1.165, 1.54) is 11.1 Å². The molecule has 0 aromatic heterocycles. The largest absolute Gasteiger partial charge is 0.399 e. The molecule has 21 heavy (non-hydrogen) atoms. The Morgan fingerprint density at radius 2 is 2.19 bits per heavy atom. The molecule has 1 amide bonds. The SMILES string of the molecule is CC(NC1CCc2cc(N)ccc21)C(=O)N1CCOCC1. The Labute approximate surface area is 125 Å². The molecule has 114 valence electrons. The molecule has 0 spiro atoms. The van der Waals surface area contributed by atoms with Crippen LogP contribution in [0.15, 0.2) is 18.2 Å². The second-order valence-electron chi connectivity index (χ2n) is 5.88. The lowest BCUT2D eigenvalue weighted by Gasteiger charge is -2.30. The van der Waals surface area contributed by atoms with Gasteiger partial charge in [0.2, 0.25) is 5.91 Å². The molecule has 1 aromatic carbocycles. The van der Waals surface area contributed by atoms with E-state index in [1.807, 2.05) is 24.0 Å². The van der Waals surface area contributed by atoms with Crippen molar-refractivity contribution in [3.8, 4) is 0 Å². The average Bonchev–Trinajstić information content (AvgIpc) is 2.89. The van der Waals surface area contributed by atoms with Gasteiger partial charge < -0.3 is 15.4 Å². The summed E-state index contributed by atoms with van der Waals surface area (Å²) in [6, 6.07) is 6.15. The van der Waals surface area contributed by atoms with Crippen LogP contribution in [0.5, 0.6) is 0 Å². The molecule has 3 rings (SSSR count). The van der Waals surface area contributed by atoms with Crippen molar-refractivity contribution in [1.82, 2.24) is 10.2 Å². The highest BCUT2D eigenvalue weighted by molar-refractivity contribution is 5.81. The van der Waals surface area contributed by atoms with Gasteiger partial charge in [-0.1, -0.05) is 6.07 Å². The number of hydrogen-bond acceptors (Lipinski definition) is 4. The molecule has 0 saturated carbocycles. The highest BCUT2D eigenvalue weighted by Crippen LogP contribution is 2.32. The van der Waals surface area contributed by atoms with Gasteiger partial charge in [-0.3, -0.25) is 10.1 Å². The number of nitrogens with one attached hydrogen (secondary N) is 1. The normalized spacial score (nSPS) is 22.9. The van der Waals surface area contributed by atoms with E-state index >= 15 is 0 Å². The summed E-state index contributed by atoms with van der Waals surface area (Å²) in [5.74, 6) is 0.169. The molecule has 5 heteroatoms. The predicted molar refractivity (Wildman–Crippen MR) is 81.9 cm³/mol. The molecule has 1 heterocycles. The van der Waals surface area contributed by atoms with Crippen molar-refractivity contribution >= 4 is 11.6 Å². The van der Waals surface area contributed by atoms with Gasteiger partial charge in [0.25, 0.3) is 0 Å². The van der Waals surface area contributed by atoms with Gasteiger partial charge in [0.05, 0.1) is 19.3 Å². The van der Waals surface area contributed by atoms with Gasteiger partial charge in [0.15, 0.2) is 0 Å². The zero-order valence-corrected chi connectivity index (χ0v) is 12.5. The van der Waals surface area contributed by atoms with Gasteiger partial charge in [-0.25, -0.2) is 0 Å². The number of morpholine rings is 1. The lowest BCUT2D eigenvalue weighted by Crippen LogP contribution is -2.49. The van der Waals surface area contributed by atoms with Gasteiger partial charge in [-0.2, -0.15) is 0 Å². The number of fused-ring (bicyclic) bond motifs is 1. The smallest absolute Gasteiger partial charge is 0.239 e. The summed E-state index contributed by atoms with van der Waals surface area (Å²) in [4.78, 5) is 14.3. The molecule has 2 aliphatic rings. The van der Waals surface area contributed by atoms with Crippen LogP contribution in [0, 0.1) is 0 Å². The Morgan fingerprint density at radius 1 is 1.43 bits per heavy atom. The van der Waals surface area contributed by atoms with Gasteiger partial charge >= 0.3 is 0 Å². The lowest BCUT2D eigenvalue weighted by molar-refractivity contribution is -0.137.